The lowest BCUT2D eigenvalue weighted by molar-refractivity contribution is -0.123. The minimum atomic E-state index is -0.266. The van der Waals surface area contributed by atoms with E-state index in [0.717, 1.165) is 12.8 Å². The molecule has 1 aromatic carbocycles. The number of rotatable bonds is 2. The van der Waals surface area contributed by atoms with Gasteiger partial charge in [0, 0.05) is 11.5 Å². The van der Waals surface area contributed by atoms with Crippen molar-refractivity contribution in [2.24, 2.45) is 17.8 Å². The number of benzene rings is 1. The van der Waals surface area contributed by atoms with E-state index in [1.165, 1.54) is 12.8 Å². The van der Waals surface area contributed by atoms with E-state index in [9.17, 15) is 9.59 Å². The van der Waals surface area contributed by atoms with E-state index in [1.54, 1.807) is 24.3 Å². The second kappa shape index (κ2) is 5.03. The highest BCUT2D eigenvalue weighted by molar-refractivity contribution is 5.95. The van der Waals surface area contributed by atoms with Gasteiger partial charge in [-0.05, 0) is 36.8 Å². The van der Waals surface area contributed by atoms with Crippen LogP contribution in [0.15, 0.2) is 30.3 Å². The SMILES string of the molecule is O=C(NNC(=O)C1[C@@H]2CCCC[C@@H]12)c1ccccc1. The van der Waals surface area contributed by atoms with Crippen molar-refractivity contribution in [3.8, 4) is 0 Å². The van der Waals surface area contributed by atoms with E-state index < -0.39 is 0 Å². The summed E-state index contributed by atoms with van der Waals surface area (Å²) in [5.74, 6) is 0.946. The molecule has 19 heavy (non-hydrogen) atoms. The van der Waals surface area contributed by atoms with Gasteiger partial charge in [-0.15, -0.1) is 0 Å². The second-order valence-electron chi connectivity index (χ2n) is 5.45. The molecule has 0 aliphatic heterocycles. The first-order valence-electron chi connectivity index (χ1n) is 6.92. The van der Waals surface area contributed by atoms with Gasteiger partial charge < -0.3 is 0 Å². The van der Waals surface area contributed by atoms with Crippen molar-refractivity contribution in [3.05, 3.63) is 35.9 Å². The van der Waals surface area contributed by atoms with Gasteiger partial charge in [-0.1, -0.05) is 31.0 Å². The molecule has 4 heteroatoms. The van der Waals surface area contributed by atoms with Gasteiger partial charge in [0.15, 0.2) is 0 Å². The first-order valence-corrected chi connectivity index (χ1v) is 6.92. The molecule has 0 spiro atoms. The lowest BCUT2D eigenvalue weighted by atomic mass is 10.0. The molecule has 4 nitrogen and oxygen atoms in total. The zero-order valence-corrected chi connectivity index (χ0v) is 10.8. The maximum atomic E-state index is 12.0. The first-order chi connectivity index (χ1) is 9.27. The van der Waals surface area contributed by atoms with Gasteiger partial charge in [0.1, 0.15) is 0 Å². The summed E-state index contributed by atoms with van der Waals surface area (Å²) in [6.07, 6.45) is 4.80. The highest BCUT2D eigenvalue weighted by Crippen LogP contribution is 2.55. The van der Waals surface area contributed by atoms with E-state index in [4.69, 9.17) is 0 Å². The third-order valence-corrected chi connectivity index (χ3v) is 4.29. The average Bonchev–Trinajstić information content (AvgIpc) is 3.19. The van der Waals surface area contributed by atoms with E-state index in [0.29, 0.717) is 17.4 Å². The summed E-state index contributed by atoms with van der Waals surface area (Å²) < 4.78 is 0. The van der Waals surface area contributed by atoms with Crippen molar-refractivity contribution in [2.75, 3.05) is 0 Å². The van der Waals surface area contributed by atoms with Gasteiger partial charge in [0.25, 0.3) is 5.91 Å². The predicted molar refractivity (Wildman–Crippen MR) is 71.0 cm³/mol. The number of hydrazine groups is 1. The van der Waals surface area contributed by atoms with E-state index in [2.05, 4.69) is 10.9 Å². The number of hydrogen-bond acceptors (Lipinski definition) is 2. The minimum Gasteiger partial charge on any atom is -0.273 e. The predicted octanol–water partition coefficient (Wildman–Crippen LogP) is 1.88. The molecule has 2 aliphatic carbocycles. The molecular formula is C15H18N2O2. The summed E-state index contributed by atoms with van der Waals surface area (Å²) in [5.41, 5.74) is 5.60. The summed E-state index contributed by atoms with van der Waals surface area (Å²) in [6.45, 7) is 0. The Morgan fingerprint density at radius 1 is 0.947 bits per heavy atom. The molecule has 100 valence electrons. The van der Waals surface area contributed by atoms with Crippen molar-refractivity contribution in [3.63, 3.8) is 0 Å². The van der Waals surface area contributed by atoms with Crippen LogP contribution < -0.4 is 10.9 Å². The monoisotopic (exact) mass is 258 g/mol. The smallest absolute Gasteiger partial charge is 0.269 e. The number of amides is 2. The van der Waals surface area contributed by atoms with Crippen LogP contribution in [-0.4, -0.2) is 11.8 Å². The van der Waals surface area contributed by atoms with E-state index >= 15 is 0 Å². The highest BCUT2D eigenvalue weighted by Gasteiger charge is 2.54. The summed E-state index contributed by atoms with van der Waals surface area (Å²) in [5, 5.41) is 0. The Bertz CT molecular complexity index is 474. The van der Waals surface area contributed by atoms with Crippen molar-refractivity contribution in [2.45, 2.75) is 25.7 Å². The van der Waals surface area contributed by atoms with Gasteiger partial charge >= 0.3 is 0 Å². The topological polar surface area (TPSA) is 58.2 Å². The van der Waals surface area contributed by atoms with Crippen LogP contribution in [0.2, 0.25) is 0 Å². The number of fused-ring (bicyclic) bond motifs is 1. The Kier molecular flexibility index (Phi) is 3.23. The highest BCUT2D eigenvalue weighted by atomic mass is 16.2. The summed E-state index contributed by atoms with van der Waals surface area (Å²) in [6, 6.07) is 8.89. The molecule has 2 N–H and O–H groups in total. The molecule has 2 aliphatic rings. The van der Waals surface area contributed by atoms with Crippen LogP contribution in [0.4, 0.5) is 0 Å². The lowest BCUT2D eigenvalue weighted by Gasteiger charge is -2.06. The first kappa shape index (κ1) is 12.2. The fourth-order valence-corrected chi connectivity index (χ4v) is 3.24. The maximum Gasteiger partial charge on any atom is 0.269 e. The van der Waals surface area contributed by atoms with Crippen LogP contribution >= 0.6 is 0 Å². The van der Waals surface area contributed by atoms with Gasteiger partial charge in [0.05, 0.1) is 0 Å². The molecule has 0 aromatic heterocycles. The van der Waals surface area contributed by atoms with Gasteiger partial charge in [0.2, 0.25) is 5.91 Å². The van der Waals surface area contributed by atoms with Crippen molar-refractivity contribution in [1.82, 2.24) is 10.9 Å². The molecule has 2 saturated carbocycles. The quantitative estimate of drug-likeness (QED) is 0.796. The molecule has 0 bridgehead atoms. The largest absolute Gasteiger partial charge is 0.273 e. The third kappa shape index (κ3) is 2.48. The minimum absolute atomic E-state index is 0.0267. The van der Waals surface area contributed by atoms with Crippen molar-refractivity contribution >= 4 is 11.8 Å². The van der Waals surface area contributed by atoms with Crippen LogP contribution in [0.1, 0.15) is 36.0 Å². The zero-order valence-electron chi connectivity index (χ0n) is 10.8. The van der Waals surface area contributed by atoms with E-state index in [1.807, 2.05) is 6.07 Å². The molecule has 0 unspecified atom stereocenters. The van der Waals surface area contributed by atoms with Crippen LogP contribution in [-0.2, 0) is 4.79 Å². The van der Waals surface area contributed by atoms with Crippen molar-refractivity contribution < 1.29 is 9.59 Å². The molecule has 0 saturated heterocycles. The number of carbonyl (C=O) groups excluding carboxylic acids is 2. The van der Waals surface area contributed by atoms with Crippen LogP contribution in [0.25, 0.3) is 0 Å². The lowest BCUT2D eigenvalue weighted by Crippen LogP contribution is -2.42. The standard InChI is InChI=1S/C15H18N2O2/c18-14(10-6-2-1-3-7-10)16-17-15(19)13-11-8-4-5-9-12(11)13/h1-3,6-7,11-13H,4-5,8-9H2,(H,16,18)(H,17,19)/t11-,12-/m1/s1. The van der Waals surface area contributed by atoms with Crippen LogP contribution in [0, 0.1) is 17.8 Å². The van der Waals surface area contributed by atoms with Crippen LogP contribution in [0.3, 0.4) is 0 Å². The fraction of sp³-hybridized carbons (Fsp3) is 0.467. The Hall–Kier alpha value is -1.84. The third-order valence-electron chi connectivity index (χ3n) is 4.29. The molecular weight excluding hydrogens is 240 g/mol. The Labute approximate surface area is 112 Å². The van der Waals surface area contributed by atoms with Gasteiger partial charge in [-0.2, -0.15) is 0 Å². The Balaban J connectivity index is 1.50. The summed E-state index contributed by atoms with van der Waals surface area (Å²) in [4.78, 5) is 23.8. The van der Waals surface area contributed by atoms with E-state index in [-0.39, 0.29) is 17.7 Å². The molecule has 2 amide bonds. The van der Waals surface area contributed by atoms with Gasteiger partial charge in [-0.3, -0.25) is 20.4 Å². The molecule has 2 fully saturated rings. The summed E-state index contributed by atoms with van der Waals surface area (Å²) >= 11 is 0. The maximum absolute atomic E-state index is 12.0. The van der Waals surface area contributed by atoms with Gasteiger partial charge in [-0.25, -0.2) is 0 Å². The summed E-state index contributed by atoms with van der Waals surface area (Å²) in [7, 11) is 0. The Morgan fingerprint density at radius 3 is 2.21 bits per heavy atom. The fourth-order valence-electron chi connectivity index (χ4n) is 3.24. The Morgan fingerprint density at radius 2 is 1.58 bits per heavy atom. The molecule has 0 heterocycles. The van der Waals surface area contributed by atoms with Crippen molar-refractivity contribution in [1.29, 1.82) is 0 Å². The molecule has 0 radical (unpaired) electrons. The number of hydrogen-bond donors (Lipinski definition) is 2. The molecule has 2 atom stereocenters. The molecule has 3 rings (SSSR count). The van der Waals surface area contributed by atoms with Crippen LogP contribution in [0.5, 0.6) is 0 Å². The average molecular weight is 258 g/mol. The molecule has 1 aromatic rings. The normalized spacial score (nSPS) is 28.1. The second-order valence-corrected chi connectivity index (χ2v) is 5.45. The number of carbonyl (C=O) groups is 2. The zero-order chi connectivity index (χ0) is 13.2. The number of nitrogens with one attached hydrogen (secondary N) is 2.